The lowest BCUT2D eigenvalue weighted by Gasteiger charge is -2.36. The van der Waals surface area contributed by atoms with E-state index in [1.165, 1.54) is 39.4 Å². The van der Waals surface area contributed by atoms with E-state index >= 15 is 0 Å². The van der Waals surface area contributed by atoms with Crippen LogP contribution in [0.4, 0.5) is 5.69 Å². The van der Waals surface area contributed by atoms with Crippen LogP contribution in [0, 0.1) is 11.8 Å². The summed E-state index contributed by atoms with van der Waals surface area (Å²) in [7, 11) is 0. The minimum atomic E-state index is -0.257. The molecule has 40 heavy (non-hydrogen) atoms. The Balaban J connectivity index is 1.15. The smallest absolute Gasteiger partial charge is 0.228 e. The summed E-state index contributed by atoms with van der Waals surface area (Å²) in [5.41, 5.74) is 6.00. The molecule has 0 saturated carbocycles. The van der Waals surface area contributed by atoms with Gasteiger partial charge in [-0.1, -0.05) is 72.8 Å². The first-order valence-corrected chi connectivity index (χ1v) is 14.5. The van der Waals surface area contributed by atoms with E-state index in [9.17, 15) is 9.59 Å². The summed E-state index contributed by atoms with van der Waals surface area (Å²) in [5.74, 6) is -0.453. The number of benzene rings is 4. The minimum Gasteiger partial charge on any atom is -0.355 e. The Kier molecular flexibility index (Phi) is 7.92. The van der Waals surface area contributed by atoms with Crippen LogP contribution in [0.2, 0.25) is 0 Å². The summed E-state index contributed by atoms with van der Waals surface area (Å²) in [6, 6.07) is 31.4. The molecule has 5 nitrogen and oxygen atoms in total. The van der Waals surface area contributed by atoms with Gasteiger partial charge in [-0.3, -0.25) is 14.5 Å². The summed E-state index contributed by atoms with van der Waals surface area (Å²) in [6.07, 6.45) is 4.73. The van der Waals surface area contributed by atoms with Gasteiger partial charge >= 0.3 is 0 Å². The Morgan fingerprint density at radius 1 is 0.725 bits per heavy atom. The summed E-state index contributed by atoms with van der Waals surface area (Å²) in [5, 5.41) is 8.75. The highest BCUT2D eigenvalue weighted by atomic mass is 16.2. The number of likely N-dealkylation sites (tertiary alicyclic amines) is 1. The number of anilines is 1. The number of aryl methyl sites for hydroxylation is 2. The number of piperidine rings is 1. The molecular weight excluding hydrogens is 494 g/mol. The fourth-order valence-electron chi connectivity index (χ4n) is 6.31. The van der Waals surface area contributed by atoms with Gasteiger partial charge in [0.25, 0.3) is 0 Å². The lowest BCUT2D eigenvalue weighted by Crippen LogP contribution is -2.49. The first-order chi connectivity index (χ1) is 19.6. The molecule has 6 rings (SSSR count). The van der Waals surface area contributed by atoms with Crippen molar-refractivity contribution in [2.24, 2.45) is 11.8 Å². The fourth-order valence-corrected chi connectivity index (χ4v) is 6.31. The van der Waals surface area contributed by atoms with Gasteiger partial charge < -0.3 is 10.6 Å². The predicted octanol–water partition coefficient (Wildman–Crippen LogP) is 5.76. The Hall–Kier alpha value is -3.96. The molecule has 2 atom stereocenters. The highest BCUT2D eigenvalue weighted by molar-refractivity contribution is 5.93. The van der Waals surface area contributed by atoms with Gasteiger partial charge in [0.2, 0.25) is 11.8 Å². The van der Waals surface area contributed by atoms with Crippen LogP contribution in [-0.2, 0) is 35.4 Å². The normalized spacial score (nSPS) is 18.8. The van der Waals surface area contributed by atoms with E-state index in [0.29, 0.717) is 32.6 Å². The van der Waals surface area contributed by atoms with Crippen molar-refractivity contribution in [1.82, 2.24) is 10.2 Å². The molecule has 0 unspecified atom stereocenters. The van der Waals surface area contributed by atoms with Crippen LogP contribution >= 0.6 is 0 Å². The molecule has 2 N–H and O–H groups in total. The number of fused-ring (bicyclic) bond motifs is 2. The Morgan fingerprint density at radius 2 is 1.48 bits per heavy atom. The van der Waals surface area contributed by atoms with E-state index in [2.05, 4.69) is 82.3 Å². The van der Waals surface area contributed by atoms with Gasteiger partial charge in [0.15, 0.2) is 0 Å². The molecule has 1 saturated heterocycles. The molecule has 2 aliphatic rings. The van der Waals surface area contributed by atoms with Gasteiger partial charge in [-0.25, -0.2) is 0 Å². The Morgan fingerprint density at radius 3 is 2.33 bits per heavy atom. The molecule has 0 radical (unpaired) electrons. The number of hydrogen-bond donors (Lipinski definition) is 2. The highest BCUT2D eigenvalue weighted by Gasteiger charge is 2.35. The van der Waals surface area contributed by atoms with E-state index in [0.717, 1.165) is 24.9 Å². The number of rotatable bonds is 8. The molecule has 5 heteroatoms. The zero-order valence-electron chi connectivity index (χ0n) is 22.9. The standard InChI is InChI=1S/C35H37N3O2/c39-34(36-18-17-25-7-2-1-3-8-25)31-20-32(35(40)37-33-16-15-28-11-6-12-30(28)21-33)24-38(23-31)22-26-13-14-27-9-4-5-10-29(27)19-26/h1-5,7-10,13-16,19,21,31-32H,6,11-12,17-18,20,22-24H2,(H,36,39)(H,37,40)/t31-,32+/m0/s1. The van der Waals surface area contributed by atoms with Gasteiger partial charge in [-0.15, -0.1) is 0 Å². The number of nitrogens with zero attached hydrogens (tertiary/aromatic N) is 1. The molecule has 4 aromatic rings. The lowest BCUT2D eigenvalue weighted by atomic mass is 9.87. The minimum absolute atomic E-state index is 0.00300. The molecule has 1 aliphatic heterocycles. The first-order valence-electron chi connectivity index (χ1n) is 14.5. The SMILES string of the molecule is O=C(NCCc1ccccc1)[C@H]1C[C@@H](C(=O)Nc2ccc3c(c2)CCC3)CN(Cc2ccc3ccccc3c2)C1. The number of hydrogen-bond acceptors (Lipinski definition) is 3. The largest absolute Gasteiger partial charge is 0.355 e. The van der Waals surface area contributed by atoms with Crippen molar-refractivity contribution >= 4 is 28.3 Å². The highest BCUT2D eigenvalue weighted by Crippen LogP contribution is 2.28. The maximum Gasteiger partial charge on any atom is 0.228 e. The first kappa shape index (κ1) is 26.3. The van der Waals surface area contributed by atoms with Crippen LogP contribution in [0.1, 0.15) is 35.1 Å². The summed E-state index contributed by atoms with van der Waals surface area (Å²) < 4.78 is 0. The van der Waals surface area contributed by atoms with E-state index in [-0.39, 0.29) is 23.7 Å². The summed E-state index contributed by atoms with van der Waals surface area (Å²) >= 11 is 0. The number of carbonyl (C=O) groups excluding carboxylic acids is 2. The molecule has 204 valence electrons. The van der Waals surface area contributed by atoms with Crippen molar-refractivity contribution in [2.45, 2.75) is 38.6 Å². The van der Waals surface area contributed by atoms with E-state index in [4.69, 9.17) is 0 Å². The maximum atomic E-state index is 13.5. The third kappa shape index (κ3) is 6.26. The topological polar surface area (TPSA) is 61.4 Å². The van der Waals surface area contributed by atoms with Crippen molar-refractivity contribution in [1.29, 1.82) is 0 Å². The van der Waals surface area contributed by atoms with Crippen LogP contribution < -0.4 is 10.6 Å². The van der Waals surface area contributed by atoms with Crippen LogP contribution in [0.5, 0.6) is 0 Å². The molecular formula is C35H37N3O2. The van der Waals surface area contributed by atoms with E-state index < -0.39 is 0 Å². The van der Waals surface area contributed by atoms with Gasteiger partial charge in [0.1, 0.15) is 0 Å². The second-order valence-corrected chi connectivity index (χ2v) is 11.4. The van der Waals surface area contributed by atoms with Crippen molar-refractivity contribution < 1.29 is 9.59 Å². The molecule has 1 fully saturated rings. The lowest BCUT2D eigenvalue weighted by molar-refractivity contribution is -0.130. The quantitative estimate of drug-likeness (QED) is 0.304. The third-order valence-electron chi connectivity index (χ3n) is 8.41. The van der Waals surface area contributed by atoms with Crippen molar-refractivity contribution in [3.05, 3.63) is 113 Å². The van der Waals surface area contributed by atoms with Crippen molar-refractivity contribution in [2.75, 3.05) is 25.0 Å². The van der Waals surface area contributed by atoms with Crippen LogP contribution in [0.15, 0.2) is 91.0 Å². The molecule has 4 aromatic carbocycles. The summed E-state index contributed by atoms with van der Waals surface area (Å²) in [6.45, 7) is 2.58. The maximum absolute atomic E-state index is 13.5. The van der Waals surface area contributed by atoms with Gasteiger partial charge in [-0.2, -0.15) is 0 Å². The van der Waals surface area contributed by atoms with Crippen molar-refractivity contribution in [3.8, 4) is 0 Å². The predicted molar refractivity (Wildman–Crippen MR) is 161 cm³/mol. The summed E-state index contributed by atoms with van der Waals surface area (Å²) in [4.78, 5) is 29.2. The second-order valence-electron chi connectivity index (χ2n) is 11.4. The number of amides is 2. The van der Waals surface area contributed by atoms with Crippen LogP contribution in [-0.4, -0.2) is 36.3 Å². The van der Waals surface area contributed by atoms with Gasteiger partial charge in [-0.05, 0) is 83.3 Å². The Labute approximate surface area is 236 Å². The number of nitrogens with one attached hydrogen (secondary N) is 2. The van der Waals surface area contributed by atoms with Crippen LogP contribution in [0.25, 0.3) is 10.8 Å². The molecule has 0 spiro atoms. The van der Waals surface area contributed by atoms with E-state index in [1.54, 1.807) is 0 Å². The van der Waals surface area contributed by atoms with Gasteiger partial charge in [0.05, 0.1) is 11.8 Å². The second kappa shape index (κ2) is 12.1. The van der Waals surface area contributed by atoms with Gasteiger partial charge in [0, 0.05) is 31.9 Å². The zero-order valence-corrected chi connectivity index (χ0v) is 22.9. The van der Waals surface area contributed by atoms with Crippen LogP contribution in [0.3, 0.4) is 0 Å². The van der Waals surface area contributed by atoms with Crippen molar-refractivity contribution in [3.63, 3.8) is 0 Å². The molecule has 1 aliphatic carbocycles. The monoisotopic (exact) mass is 531 g/mol. The third-order valence-corrected chi connectivity index (χ3v) is 8.41. The average molecular weight is 532 g/mol. The molecule has 0 aromatic heterocycles. The Bertz CT molecular complexity index is 1500. The average Bonchev–Trinajstić information content (AvgIpc) is 3.45. The number of carbonyl (C=O) groups is 2. The molecule has 1 heterocycles. The zero-order chi connectivity index (χ0) is 27.3. The molecule has 0 bridgehead atoms. The van der Waals surface area contributed by atoms with E-state index in [1.807, 2.05) is 24.3 Å². The fraction of sp³-hybridized carbons (Fsp3) is 0.314. The molecule has 2 amide bonds.